The maximum absolute atomic E-state index is 2.45. The molecule has 0 N–H and O–H groups in total. The van der Waals surface area contributed by atoms with Gasteiger partial charge in [0.15, 0.2) is 0 Å². The molecule has 0 radical (unpaired) electrons. The molecular weight excluding hydrogens is 243 g/mol. The summed E-state index contributed by atoms with van der Waals surface area (Å²) in [6.07, 6.45) is 0. The molecule has 0 aliphatic rings. The topological polar surface area (TPSA) is 0 Å². The molecule has 0 unspecified atom stereocenters. The summed E-state index contributed by atoms with van der Waals surface area (Å²) in [6, 6.07) is 0. The van der Waals surface area contributed by atoms with Crippen molar-refractivity contribution in [3.05, 3.63) is 0 Å². The van der Waals surface area contributed by atoms with Crippen molar-refractivity contribution in [2.24, 2.45) is 0 Å². The first-order valence-electron chi connectivity index (χ1n) is 6.74. The second-order valence-corrected chi connectivity index (χ2v) is 16.9. The Labute approximate surface area is 115 Å². The van der Waals surface area contributed by atoms with Crippen LogP contribution in [0.5, 0.6) is 0 Å². The van der Waals surface area contributed by atoms with Crippen LogP contribution in [0.2, 0.25) is 0 Å². The highest BCUT2D eigenvalue weighted by molar-refractivity contribution is 8.63. The molecule has 0 saturated heterocycles. The van der Waals surface area contributed by atoms with Crippen LogP contribution in [0, 0.1) is 0 Å². The Bertz CT molecular complexity index is 212. The summed E-state index contributed by atoms with van der Waals surface area (Å²) in [4.78, 5) is 0. The predicted molar refractivity (Wildman–Crippen MR) is 88.9 cm³/mol. The molecule has 0 fully saturated rings. The lowest BCUT2D eigenvalue weighted by atomic mass is 10.2. The largest absolute Gasteiger partial charge is 0.0895 e. The van der Waals surface area contributed by atoms with E-state index in [0.717, 1.165) is 0 Å². The molecule has 0 aromatic carbocycles. The van der Waals surface area contributed by atoms with Crippen molar-refractivity contribution in [1.29, 1.82) is 0 Å². The first kappa shape index (κ1) is 17.8. The van der Waals surface area contributed by atoms with Crippen molar-refractivity contribution in [3.8, 4) is 0 Å². The van der Waals surface area contributed by atoms with Gasteiger partial charge in [-0.25, -0.2) is 0 Å². The van der Waals surface area contributed by atoms with Crippen LogP contribution in [0.4, 0.5) is 0 Å². The fraction of sp³-hybridized carbons (Fsp3) is 1.00. The minimum atomic E-state index is -1.19. The van der Waals surface area contributed by atoms with Gasteiger partial charge in [0, 0.05) is 16.6 Å². The molecule has 0 aliphatic carbocycles. The molecule has 0 aliphatic heterocycles. The summed E-state index contributed by atoms with van der Waals surface area (Å²) in [5.74, 6) is 0. The lowest BCUT2D eigenvalue weighted by molar-refractivity contribution is 0.637. The van der Waals surface area contributed by atoms with Gasteiger partial charge in [-0.3, -0.25) is 0 Å². The Balaban J connectivity index is 5.93. The highest BCUT2D eigenvalue weighted by Gasteiger charge is 2.66. The lowest BCUT2D eigenvalue weighted by Crippen LogP contribution is -2.42. The van der Waals surface area contributed by atoms with Crippen LogP contribution in [0.1, 0.15) is 76.2 Å². The Kier molecular flexibility index (Phi) is 5.28. The third-order valence-corrected chi connectivity index (χ3v) is 16.8. The SMILES string of the molecule is CC(C)S[P+](C(C)(C)C)(C(C)(C)C)C(C)(C)C. The number of rotatable bonds is 2. The second kappa shape index (κ2) is 5.04. The minimum absolute atomic E-state index is 0.387. The Morgan fingerprint density at radius 3 is 0.941 bits per heavy atom. The van der Waals surface area contributed by atoms with Gasteiger partial charge in [-0.1, -0.05) is 13.8 Å². The van der Waals surface area contributed by atoms with E-state index in [4.69, 9.17) is 0 Å². The van der Waals surface area contributed by atoms with Gasteiger partial charge in [-0.05, 0) is 62.3 Å². The average Bonchev–Trinajstić information content (AvgIpc) is 1.91. The quantitative estimate of drug-likeness (QED) is 0.522. The summed E-state index contributed by atoms with van der Waals surface area (Å²) in [6.45, 7) is 25.6. The molecule has 0 atom stereocenters. The van der Waals surface area contributed by atoms with Gasteiger partial charge >= 0.3 is 0 Å². The zero-order valence-corrected chi connectivity index (χ0v) is 15.6. The van der Waals surface area contributed by atoms with Crippen molar-refractivity contribution in [3.63, 3.8) is 0 Å². The molecule has 104 valence electrons. The molecule has 0 aromatic heterocycles. The summed E-state index contributed by atoms with van der Waals surface area (Å²) >= 11 is 2.28. The standard InChI is InChI=1S/C15H34PS/c1-12(2)17-16(13(3,4)5,14(6,7)8)15(9,10)11/h12H,1-11H3/q+1. The molecule has 17 heavy (non-hydrogen) atoms. The van der Waals surface area contributed by atoms with Gasteiger partial charge in [0.1, 0.15) is 0 Å². The van der Waals surface area contributed by atoms with Crippen LogP contribution in [-0.4, -0.2) is 20.7 Å². The Hall–Kier alpha value is 0.780. The fourth-order valence-corrected chi connectivity index (χ4v) is 16.2. The van der Waals surface area contributed by atoms with E-state index in [2.05, 4.69) is 87.5 Å². The van der Waals surface area contributed by atoms with Crippen LogP contribution < -0.4 is 0 Å². The van der Waals surface area contributed by atoms with Gasteiger partial charge in [-0.15, -0.1) is 0 Å². The van der Waals surface area contributed by atoms with Gasteiger partial charge in [-0.2, -0.15) is 0 Å². The highest BCUT2D eigenvalue weighted by Crippen LogP contribution is 2.91. The van der Waals surface area contributed by atoms with Crippen molar-refractivity contribution in [1.82, 2.24) is 0 Å². The van der Waals surface area contributed by atoms with E-state index in [0.29, 0.717) is 20.7 Å². The van der Waals surface area contributed by atoms with E-state index in [1.807, 2.05) is 0 Å². The maximum atomic E-state index is 2.45. The van der Waals surface area contributed by atoms with Crippen molar-refractivity contribution in [2.45, 2.75) is 96.9 Å². The van der Waals surface area contributed by atoms with E-state index < -0.39 is 6.46 Å². The van der Waals surface area contributed by atoms with E-state index in [-0.39, 0.29) is 0 Å². The molecule has 0 bridgehead atoms. The number of hydrogen-bond donors (Lipinski definition) is 0. The average molecular weight is 277 g/mol. The fourth-order valence-electron chi connectivity index (χ4n) is 3.81. The zero-order chi connectivity index (χ0) is 14.3. The molecule has 2 heteroatoms. The van der Waals surface area contributed by atoms with Gasteiger partial charge < -0.3 is 0 Å². The van der Waals surface area contributed by atoms with E-state index in [1.54, 1.807) is 0 Å². The maximum Gasteiger partial charge on any atom is 0.0895 e. The van der Waals surface area contributed by atoms with Crippen LogP contribution in [-0.2, 0) is 0 Å². The predicted octanol–water partition coefficient (Wildman–Crippen LogP) is 6.46. The molecule has 0 saturated carbocycles. The van der Waals surface area contributed by atoms with Crippen LogP contribution in [0.3, 0.4) is 0 Å². The van der Waals surface area contributed by atoms with Crippen LogP contribution >= 0.6 is 17.8 Å². The van der Waals surface area contributed by atoms with Gasteiger partial charge in [0.05, 0.1) is 21.9 Å². The minimum Gasteiger partial charge on any atom is -0.0501 e. The zero-order valence-electron chi connectivity index (χ0n) is 13.9. The summed E-state index contributed by atoms with van der Waals surface area (Å²) < 4.78 is 0. The van der Waals surface area contributed by atoms with E-state index in [1.165, 1.54) is 0 Å². The van der Waals surface area contributed by atoms with E-state index in [9.17, 15) is 0 Å². The van der Waals surface area contributed by atoms with E-state index >= 15 is 0 Å². The smallest absolute Gasteiger partial charge is 0.0501 e. The third-order valence-electron chi connectivity index (χ3n) is 3.20. The molecule has 0 nitrogen and oxygen atoms in total. The highest BCUT2D eigenvalue weighted by atomic mass is 32.7. The first-order valence-corrected chi connectivity index (χ1v) is 10.0. The number of hydrogen-bond acceptors (Lipinski definition) is 1. The van der Waals surface area contributed by atoms with Crippen molar-refractivity contribution < 1.29 is 0 Å². The molecular formula is C15H34PS+. The van der Waals surface area contributed by atoms with Crippen LogP contribution in [0.15, 0.2) is 0 Å². The summed E-state index contributed by atoms with van der Waals surface area (Å²) in [7, 11) is 0. The second-order valence-electron chi connectivity index (χ2n) is 8.28. The molecule has 0 amide bonds. The lowest BCUT2D eigenvalue weighted by Gasteiger charge is -2.53. The first-order chi connectivity index (χ1) is 7.17. The molecule has 0 heterocycles. The third kappa shape index (κ3) is 3.41. The van der Waals surface area contributed by atoms with Crippen molar-refractivity contribution in [2.75, 3.05) is 0 Å². The Morgan fingerprint density at radius 1 is 0.647 bits per heavy atom. The molecule has 0 aromatic rings. The normalized spacial score (nSPS) is 15.5. The Morgan fingerprint density at radius 2 is 0.882 bits per heavy atom. The van der Waals surface area contributed by atoms with Gasteiger partial charge in [0.2, 0.25) is 0 Å². The molecule has 0 spiro atoms. The summed E-state index contributed by atoms with van der Waals surface area (Å²) in [5.41, 5.74) is 0. The van der Waals surface area contributed by atoms with Crippen molar-refractivity contribution >= 4 is 17.8 Å². The summed E-state index contributed by atoms with van der Waals surface area (Å²) in [5, 5.41) is 1.87. The monoisotopic (exact) mass is 277 g/mol. The van der Waals surface area contributed by atoms with Crippen LogP contribution in [0.25, 0.3) is 0 Å². The molecule has 0 rings (SSSR count). The van der Waals surface area contributed by atoms with Gasteiger partial charge in [0.25, 0.3) is 0 Å².